The number of rotatable bonds is 5. The Morgan fingerprint density at radius 2 is 1.62 bits per heavy atom. The molecule has 132 valence electrons. The van der Waals surface area contributed by atoms with Crippen molar-refractivity contribution in [3.8, 4) is 0 Å². The number of aromatic nitrogens is 2. The standard InChI is InChI=1S/C20H19FN4O/c1-15-8-9-16(21)12-19(15)24-20(26)25(13-17-6-2-4-10-22-17)14-18-7-3-5-11-23-18/h2-12H,13-14H2,1H3,(H,24,26). The molecular formula is C20H19FN4O. The molecule has 0 saturated carbocycles. The van der Waals surface area contributed by atoms with Crippen LogP contribution in [-0.2, 0) is 13.1 Å². The highest BCUT2D eigenvalue weighted by Gasteiger charge is 2.17. The number of anilines is 1. The van der Waals surface area contributed by atoms with Gasteiger partial charge in [-0.05, 0) is 48.9 Å². The summed E-state index contributed by atoms with van der Waals surface area (Å²) in [7, 11) is 0. The fourth-order valence-corrected chi connectivity index (χ4v) is 2.50. The Hall–Kier alpha value is -3.28. The Morgan fingerprint density at radius 3 is 2.15 bits per heavy atom. The second-order valence-electron chi connectivity index (χ2n) is 5.89. The molecule has 26 heavy (non-hydrogen) atoms. The van der Waals surface area contributed by atoms with Gasteiger partial charge in [0.05, 0.1) is 24.5 Å². The van der Waals surface area contributed by atoms with E-state index in [0.29, 0.717) is 18.8 Å². The van der Waals surface area contributed by atoms with E-state index in [-0.39, 0.29) is 6.03 Å². The van der Waals surface area contributed by atoms with Crippen molar-refractivity contribution in [2.75, 3.05) is 5.32 Å². The van der Waals surface area contributed by atoms with Gasteiger partial charge in [-0.3, -0.25) is 9.97 Å². The molecule has 0 atom stereocenters. The zero-order valence-electron chi connectivity index (χ0n) is 14.4. The Morgan fingerprint density at radius 1 is 1.00 bits per heavy atom. The molecule has 6 heteroatoms. The molecule has 3 rings (SSSR count). The number of amides is 2. The van der Waals surface area contributed by atoms with Crippen LogP contribution in [0, 0.1) is 12.7 Å². The van der Waals surface area contributed by atoms with Gasteiger partial charge in [0, 0.05) is 18.1 Å². The summed E-state index contributed by atoms with van der Waals surface area (Å²) >= 11 is 0. The molecule has 0 unspecified atom stereocenters. The quantitative estimate of drug-likeness (QED) is 0.752. The zero-order valence-corrected chi connectivity index (χ0v) is 14.4. The van der Waals surface area contributed by atoms with Crippen LogP contribution in [0.5, 0.6) is 0 Å². The van der Waals surface area contributed by atoms with Crippen LogP contribution in [0.15, 0.2) is 67.0 Å². The predicted molar refractivity (Wildman–Crippen MR) is 97.9 cm³/mol. The highest BCUT2D eigenvalue weighted by Crippen LogP contribution is 2.17. The fraction of sp³-hybridized carbons (Fsp3) is 0.150. The topological polar surface area (TPSA) is 58.1 Å². The second-order valence-corrected chi connectivity index (χ2v) is 5.89. The number of benzene rings is 1. The van der Waals surface area contributed by atoms with Crippen molar-refractivity contribution in [3.63, 3.8) is 0 Å². The number of carbonyl (C=O) groups excluding carboxylic acids is 1. The van der Waals surface area contributed by atoms with Crippen molar-refractivity contribution in [3.05, 3.63) is 89.8 Å². The largest absolute Gasteiger partial charge is 0.322 e. The zero-order chi connectivity index (χ0) is 18.4. The summed E-state index contributed by atoms with van der Waals surface area (Å²) in [5.41, 5.74) is 2.75. The number of nitrogens with one attached hydrogen (secondary N) is 1. The molecule has 0 radical (unpaired) electrons. The number of pyridine rings is 2. The Balaban J connectivity index is 1.81. The fourth-order valence-electron chi connectivity index (χ4n) is 2.50. The average molecular weight is 350 g/mol. The minimum Gasteiger partial charge on any atom is -0.313 e. The lowest BCUT2D eigenvalue weighted by Crippen LogP contribution is -2.34. The van der Waals surface area contributed by atoms with Crippen LogP contribution in [0.2, 0.25) is 0 Å². The summed E-state index contributed by atoms with van der Waals surface area (Å²) in [6.45, 7) is 2.45. The first-order chi connectivity index (χ1) is 12.6. The molecular weight excluding hydrogens is 331 g/mol. The van der Waals surface area contributed by atoms with Crippen LogP contribution in [0.4, 0.5) is 14.9 Å². The number of hydrogen-bond donors (Lipinski definition) is 1. The van der Waals surface area contributed by atoms with Gasteiger partial charge in [0.1, 0.15) is 5.82 Å². The maximum Gasteiger partial charge on any atom is 0.322 e. The van der Waals surface area contributed by atoms with Crippen LogP contribution >= 0.6 is 0 Å². The van der Waals surface area contributed by atoms with Crippen molar-refractivity contribution < 1.29 is 9.18 Å². The van der Waals surface area contributed by atoms with Crippen molar-refractivity contribution in [1.29, 1.82) is 0 Å². The third-order valence-electron chi connectivity index (χ3n) is 3.89. The minimum absolute atomic E-state index is 0.317. The second kappa shape index (κ2) is 8.20. The van der Waals surface area contributed by atoms with E-state index in [1.54, 1.807) is 23.4 Å². The molecule has 5 nitrogen and oxygen atoms in total. The first-order valence-electron chi connectivity index (χ1n) is 8.24. The smallest absolute Gasteiger partial charge is 0.313 e. The number of urea groups is 1. The lowest BCUT2D eigenvalue weighted by Gasteiger charge is -2.23. The number of halogens is 1. The van der Waals surface area contributed by atoms with Crippen LogP contribution in [0.25, 0.3) is 0 Å². The maximum atomic E-state index is 13.5. The summed E-state index contributed by atoms with van der Waals surface area (Å²) in [5.74, 6) is -0.396. The molecule has 0 fully saturated rings. The molecule has 0 bridgehead atoms. The van der Waals surface area contributed by atoms with E-state index in [1.165, 1.54) is 12.1 Å². The first-order valence-corrected chi connectivity index (χ1v) is 8.24. The van der Waals surface area contributed by atoms with Crippen molar-refractivity contribution in [2.24, 2.45) is 0 Å². The number of aryl methyl sites for hydroxylation is 1. The van der Waals surface area contributed by atoms with E-state index in [0.717, 1.165) is 17.0 Å². The SMILES string of the molecule is Cc1ccc(F)cc1NC(=O)N(Cc1ccccn1)Cc1ccccn1. The Kier molecular flexibility index (Phi) is 5.53. The molecule has 0 spiro atoms. The summed E-state index contributed by atoms with van der Waals surface area (Å²) < 4.78 is 13.5. The van der Waals surface area contributed by atoms with Gasteiger partial charge >= 0.3 is 6.03 Å². The van der Waals surface area contributed by atoms with Gasteiger partial charge in [0.2, 0.25) is 0 Å². The molecule has 0 aliphatic carbocycles. The Bertz CT molecular complexity index is 830. The van der Waals surface area contributed by atoms with Crippen LogP contribution in [-0.4, -0.2) is 20.9 Å². The highest BCUT2D eigenvalue weighted by atomic mass is 19.1. The number of hydrogen-bond acceptors (Lipinski definition) is 3. The maximum absolute atomic E-state index is 13.5. The Labute approximate surface area is 151 Å². The molecule has 0 aliphatic heterocycles. The molecule has 0 saturated heterocycles. The van der Waals surface area contributed by atoms with Crippen molar-refractivity contribution >= 4 is 11.7 Å². The summed E-state index contributed by atoms with van der Waals surface area (Å²) in [4.78, 5) is 23.0. The monoisotopic (exact) mass is 350 g/mol. The summed E-state index contributed by atoms with van der Waals surface area (Å²) in [5, 5.41) is 2.78. The third kappa shape index (κ3) is 4.63. The van der Waals surface area contributed by atoms with Gasteiger partial charge in [0.15, 0.2) is 0 Å². The number of nitrogens with zero attached hydrogens (tertiary/aromatic N) is 3. The van der Waals surface area contributed by atoms with E-state index < -0.39 is 5.82 Å². The van der Waals surface area contributed by atoms with Gasteiger partial charge in [-0.2, -0.15) is 0 Å². The lowest BCUT2D eigenvalue weighted by molar-refractivity contribution is 0.205. The van der Waals surface area contributed by atoms with Gasteiger partial charge in [-0.1, -0.05) is 18.2 Å². The van der Waals surface area contributed by atoms with Crippen LogP contribution < -0.4 is 5.32 Å². The molecule has 2 aromatic heterocycles. The van der Waals surface area contributed by atoms with E-state index in [9.17, 15) is 9.18 Å². The van der Waals surface area contributed by atoms with E-state index in [2.05, 4.69) is 15.3 Å². The molecule has 1 aromatic carbocycles. The third-order valence-corrected chi connectivity index (χ3v) is 3.89. The van der Waals surface area contributed by atoms with Crippen LogP contribution in [0.3, 0.4) is 0 Å². The molecule has 3 aromatic rings. The summed E-state index contributed by atoms with van der Waals surface area (Å²) in [6, 6.07) is 15.1. The lowest BCUT2D eigenvalue weighted by atomic mass is 10.2. The van der Waals surface area contributed by atoms with Crippen molar-refractivity contribution in [2.45, 2.75) is 20.0 Å². The van der Waals surface area contributed by atoms with E-state index in [4.69, 9.17) is 0 Å². The molecule has 0 aliphatic rings. The van der Waals surface area contributed by atoms with Gasteiger partial charge in [-0.25, -0.2) is 9.18 Å². The molecule has 2 amide bonds. The highest BCUT2D eigenvalue weighted by molar-refractivity contribution is 5.90. The summed E-state index contributed by atoms with van der Waals surface area (Å²) in [6.07, 6.45) is 3.37. The van der Waals surface area contributed by atoms with Crippen molar-refractivity contribution in [1.82, 2.24) is 14.9 Å². The molecule has 2 heterocycles. The average Bonchev–Trinajstić information content (AvgIpc) is 2.66. The van der Waals surface area contributed by atoms with Crippen LogP contribution in [0.1, 0.15) is 17.0 Å². The number of carbonyl (C=O) groups is 1. The normalized spacial score (nSPS) is 10.4. The van der Waals surface area contributed by atoms with E-state index >= 15 is 0 Å². The first kappa shape index (κ1) is 17.5. The predicted octanol–water partition coefficient (Wildman–Crippen LogP) is 4.16. The van der Waals surface area contributed by atoms with Gasteiger partial charge < -0.3 is 10.2 Å². The van der Waals surface area contributed by atoms with E-state index in [1.807, 2.05) is 43.3 Å². The van der Waals surface area contributed by atoms with Gasteiger partial charge in [0.25, 0.3) is 0 Å². The molecule has 1 N–H and O–H groups in total. The minimum atomic E-state index is -0.396. The van der Waals surface area contributed by atoms with Gasteiger partial charge in [-0.15, -0.1) is 0 Å².